The van der Waals surface area contributed by atoms with Gasteiger partial charge in [-0.15, -0.1) is 4.98 Å². The lowest BCUT2D eigenvalue weighted by Crippen LogP contribution is -2.27. The first-order chi connectivity index (χ1) is 16.8. The van der Waals surface area contributed by atoms with Crippen molar-refractivity contribution in [1.29, 1.82) is 0 Å². The lowest BCUT2D eigenvalue weighted by Gasteiger charge is -2.22. The highest BCUT2D eigenvalue weighted by molar-refractivity contribution is 5.98. The zero-order valence-electron chi connectivity index (χ0n) is 18.8. The highest BCUT2D eigenvalue weighted by atomic mass is 16.5. The molecule has 0 aliphatic carbocycles. The quantitative estimate of drug-likeness (QED) is 0.382. The molecule has 0 atom stereocenters. The van der Waals surface area contributed by atoms with E-state index >= 15 is 0 Å². The molecule has 1 aliphatic rings. The third-order valence-electron chi connectivity index (χ3n) is 5.48. The number of rotatable bonds is 9. The van der Waals surface area contributed by atoms with Crippen LogP contribution in [0.25, 0.3) is 10.9 Å². The molecule has 3 aromatic heterocycles. The topological polar surface area (TPSA) is 107 Å². The lowest BCUT2D eigenvalue weighted by molar-refractivity contribution is 0.0211. The number of para-hydroxylation sites is 1. The van der Waals surface area contributed by atoms with Crippen LogP contribution in [-0.4, -0.2) is 57.1 Å². The fourth-order valence-corrected chi connectivity index (χ4v) is 3.73. The minimum Gasteiger partial charge on any atom is -0.463 e. The molecule has 1 N–H and O–H groups in total. The molecule has 1 saturated heterocycles. The van der Waals surface area contributed by atoms with E-state index in [1.54, 1.807) is 6.20 Å². The summed E-state index contributed by atoms with van der Waals surface area (Å²) < 4.78 is 17.3. The average Bonchev–Trinajstić information content (AvgIpc) is 3.28. The predicted octanol–water partition coefficient (Wildman–Crippen LogP) is 3.55. The predicted molar refractivity (Wildman–Crippen MR) is 127 cm³/mol. The molecule has 5 rings (SSSR count). The maximum absolute atomic E-state index is 6.02. The minimum absolute atomic E-state index is 0.0140. The number of nitrogens with zero attached hydrogens (tertiary/aromatic N) is 5. The van der Waals surface area contributed by atoms with Crippen LogP contribution in [-0.2, 0) is 17.7 Å². The number of hydrogen-bond acceptors (Lipinski definition) is 8. The molecular weight excluding hydrogens is 432 g/mol. The molecule has 0 bridgehead atoms. The van der Waals surface area contributed by atoms with E-state index in [0.717, 1.165) is 35.0 Å². The van der Waals surface area contributed by atoms with Gasteiger partial charge in [0.15, 0.2) is 5.82 Å². The summed E-state index contributed by atoms with van der Waals surface area (Å²) in [6.07, 6.45) is 7.79. The van der Waals surface area contributed by atoms with Crippen LogP contribution in [0.2, 0.25) is 0 Å². The Hall–Kier alpha value is -3.85. The minimum atomic E-state index is 0.0140. The number of aromatic amines is 1. The van der Waals surface area contributed by atoms with Gasteiger partial charge in [-0.2, -0.15) is 9.97 Å². The number of H-pyrrole nitrogens is 1. The van der Waals surface area contributed by atoms with Gasteiger partial charge >= 0.3 is 12.0 Å². The number of aromatic nitrogens is 5. The van der Waals surface area contributed by atoms with Gasteiger partial charge in [0, 0.05) is 60.0 Å². The summed E-state index contributed by atoms with van der Waals surface area (Å²) in [4.78, 5) is 25.4. The van der Waals surface area contributed by atoms with E-state index in [1.165, 1.54) is 0 Å². The van der Waals surface area contributed by atoms with Gasteiger partial charge in [0.1, 0.15) is 6.10 Å². The van der Waals surface area contributed by atoms with E-state index in [2.05, 4.69) is 36.0 Å². The van der Waals surface area contributed by atoms with Crippen molar-refractivity contribution in [3.8, 4) is 12.0 Å². The monoisotopic (exact) mass is 458 g/mol. The standard InChI is InChI=1S/C25H26N6O3/c1-2-7-22-21(6-1)18(16-28-22)15-26-17-23-29-24(33-14-8-19-5-3-4-11-27-19)31-25(30-23)34-20-9-12-32-13-10-20/h1-7,11,15-16,20,28H,8-10,12-14,17H2. The summed E-state index contributed by atoms with van der Waals surface area (Å²) in [5, 5.41) is 1.11. The Labute approximate surface area is 197 Å². The number of aliphatic imine (C=N–C) groups is 1. The van der Waals surface area contributed by atoms with Crippen LogP contribution >= 0.6 is 0 Å². The summed E-state index contributed by atoms with van der Waals surface area (Å²) in [6, 6.07) is 14.4. The Morgan fingerprint density at radius 1 is 1.03 bits per heavy atom. The average molecular weight is 459 g/mol. The van der Waals surface area contributed by atoms with Gasteiger partial charge < -0.3 is 19.2 Å². The molecule has 1 aromatic carbocycles. The molecule has 0 spiro atoms. The van der Waals surface area contributed by atoms with E-state index in [1.807, 2.05) is 48.8 Å². The Morgan fingerprint density at radius 3 is 2.76 bits per heavy atom. The second-order valence-corrected chi connectivity index (χ2v) is 7.93. The van der Waals surface area contributed by atoms with Gasteiger partial charge in [-0.25, -0.2) is 0 Å². The number of nitrogens with one attached hydrogen (secondary N) is 1. The van der Waals surface area contributed by atoms with Crippen molar-refractivity contribution in [3.63, 3.8) is 0 Å². The van der Waals surface area contributed by atoms with Gasteiger partial charge in [0.2, 0.25) is 0 Å². The number of fused-ring (bicyclic) bond motifs is 1. The maximum atomic E-state index is 6.02. The molecule has 0 radical (unpaired) electrons. The van der Waals surface area contributed by atoms with Crippen LogP contribution in [0, 0.1) is 0 Å². The molecule has 0 unspecified atom stereocenters. The number of hydrogen-bond donors (Lipinski definition) is 1. The van der Waals surface area contributed by atoms with Crippen LogP contribution in [0.15, 0.2) is 59.9 Å². The molecule has 1 fully saturated rings. The second kappa shape index (κ2) is 10.8. The lowest BCUT2D eigenvalue weighted by atomic mass is 10.2. The van der Waals surface area contributed by atoms with Crippen LogP contribution in [0.1, 0.15) is 29.9 Å². The normalized spacial score (nSPS) is 14.6. The van der Waals surface area contributed by atoms with Gasteiger partial charge in [0.25, 0.3) is 0 Å². The largest absolute Gasteiger partial charge is 0.463 e. The van der Waals surface area contributed by atoms with E-state index in [0.29, 0.717) is 32.1 Å². The third kappa shape index (κ3) is 5.74. The SMILES string of the molecule is C(=NCc1nc(OCCc2ccccn2)nc(OC2CCOCC2)n1)c1c[nH]c2ccccc12. The molecule has 1 aliphatic heterocycles. The summed E-state index contributed by atoms with van der Waals surface area (Å²) >= 11 is 0. The Bertz CT molecular complexity index is 1240. The third-order valence-corrected chi connectivity index (χ3v) is 5.48. The van der Waals surface area contributed by atoms with Gasteiger partial charge in [-0.1, -0.05) is 24.3 Å². The molecule has 9 heteroatoms. The number of benzene rings is 1. The molecule has 0 saturated carbocycles. The van der Waals surface area contributed by atoms with E-state index in [4.69, 9.17) is 14.2 Å². The molecule has 0 amide bonds. The summed E-state index contributed by atoms with van der Waals surface area (Å²) in [5.74, 6) is 0.487. The van der Waals surface area contributed by atoms with Crippen molar-refractivity contribution in [2.75, 3.05) is 19.8 Å². The summed E-state index contributed by atoms with van der Waals surface area (Å²) in [7, 11) is 0. The van der Waals surface area contributed by atoms with Crippen molar-refractivity contribution in [2.24, 2.45) is 4.99 Å². The first kappa shape index (κ1) is 22.0. The van der Waals surface area contributed by atoms with Gasteiger partial charge in [0.05, 0.1) is 26.4 Å². The van der Waals surface area contributed by atoms with Crippen molar-refractivity contribution >= 4 is 17.1 Å². The number of ether oxygens (including phenoxy) is 3. The van der Waals surface area contributed by atoms with Crippen molar-refractivity contribution < 1.29 is 14.2 Å². The fourth-order valence-electron chi connectivity index (χ4n) is 3.73. The van der Waals surface area contributed by atoms with Gasteiger partial charge in [-0.05, 0) is 18.2 Å². The van der Waals surface area contributed by atoms with Crippen molar-refractivity contribution in [3.05, 3.63) is 71.9 Å². The van der Waals surface area contributed by atoms with E-state index < -0.39 is 0 Å². The summed E-state index contributed by atoms with van der Waals surface area (Å²) in [5.41, 5.74) is 3.02. The molecule has 4 heterocycles. The zero-order chi connectivity index (χ0) is 23.0. The highest BCUT2D eigenvalue weighted by Gasteiger charge is 2.18. The van der Waals surface area contributed by atoms with Crippen molar-refractivity contribution in [1.82, 2.24) is 24.9 Å². The van der Waals surface area contributed by atoms with Crippen molar-refractivity contribution in [2.45, 2.75) is 31.9 Å². The zero-order valence-corrected chi connectivity index (χ0v) is 18.8. The molecule has 174 valence electrons. The molecule has 34 heavy (non-hydrogen) atoms. The smallest absolute Gasteiger partial charge is 0.323 e. The second-order valence-electron chi connectivity index (χ2n) is 7.93. The Morgan fingerprint density at radius 2 is 1.88 bits per heavy atom. The number of pyridine rings is 1. The van der Waals surface area contributed by atoms with E-state index in [-0.39, 0.29) is 24.7 Å². The maximum Gasteiger partial charge on any atom is 0.323 e. The Kier molecular flexibility index (Phi) is 7.01. The summed E-state index contributed by atoms with van der Waals surface area (Å²) in [6.45, 7) is 2.02. The first-order valence-electron chi connectivity index (χ1n) is 11.4. The first-order valence-corrected chi connectivity index (χ1v) is 11.4. The molecular formula is C25H26N6O3. The molecule has 4 aromatic rings. The fraction of sp³-hybridized carbons (Fsp3) is 0.320. The molecule has 9 nitrogen and oxygen atoms in total. The Balaban J connectivity index is 1.29. The van der Waals surface area contributed by atoms with Crippen LogP contribution in [0.3, 0.4) is 0 Å². The van der Waals surface area contributed by atoms with Crippen LogP contribution in [0.5, 0.6) is 12.0 Å². The van der Waals surface area contributed by atoms with Crippen LogP contribution in [0.4, 0.5) is 0 Å². The highest BCUT2D eigenvalue weighted by Crippen LogP contribution is 2.18. The van der Waals surface area contributed by atoms with Gasteiger partial charge in [-0.3, -0.25) is 9.98 Å². The van der Waals surface area contributed by atoms with Crippen LogP contribution < -0.4 is 9.47 Å². The van der Waals surface area contributed by atoms with E-state index in [9.17, 15) is 0 Å².